The van der Waals surface area contributed by atoms with Gasteiger partial charge in [0.15, 0.2) is 11.5 Å². The van der Waals surface area contributed by atoms with E-state index in [-0.39, 0.29) is 0 Å². The van der Waals surface area contributed by atoms with Crippen molar-refractivity contribution in [1.82, 2.24) is 19.5 Å². The van der Waals surface area contributed by atoms with Crippen LogP contribution in [-0.4, -0.2) is 19.5 Å². The molecule has 1 aromatic carbocycles. The molecule has 6 heteroatoms. The van der Waals surface area contributed by atoms with Crippen LogP contribution in [0.15, 0.2) is 36.9 Å². The summed E-state index contributed by atoms with van der Waals surface area (Å²) in [4.78, 5) is 12.3. The number of nitrogens with zero attached hydrogens (tertiary/aromatic N) is 4. The van der Waals surface area contributed by atoms with E-state index in [4.69, 9.17) is 11.5 Å². The van der Waals surface area contributed by atoms with Crippen LogP contribution < -0.4 is 11.5 Å². The van der Waals surface area contributed by atoms with Gasteiger partial charge in [-0.25, -0.2) is 15.0 Å². The number of nitrogen functional groups attached to an aromatic ring is 2. The Hall–Kier alpha value is -2.63. The third kappa shape index (κ3) is 1.73. The molecule has 3 aromatic rings. The van der Waals surface area contributed by atoms with Gasteiger partial charge in [0.2, 0.25) is 0 Å². The van der Waals surface area contributed by atoms with Gasteiger partial charge in [-0.1, -0.05) is 12.1 Å². The van der Waals surface area contributed by atoms with Crippen LogP contribution in [0, 0.1) is 0 Å². The summed E-state index contributed by atoms with van der Waals surface area (Å²) >= 11 is 0. The second kappa shape index (κ2) is 3.99. The van der Waals surface area contributed by atoms with Crippen LogP contribution in [0.3, 0.4) is 0 Å². The SMILES string of the molecule is Nc1ccc(Cn2cnc3c(N)ncnc32)cc1. The second-order valence-corrected chi connectivity index (χ2v) is 4.05. The van der Waals surface area contributed by atoms with Crippen molar-refractivity contribution in [2.75, 3.05) is 11.5 Å². The minimum Gasteiger partial charge on any atom is -0.399 e. The van der Waals surface area contributed by atoms with Gasteiger partial charge in [0.1, 0.15) is 11.8 Å². The third-order valence-corrected chi connectivity index (χ3v) is 2.76. The number of anilines is 2. The highest BCUT2D eigenvalue weighted by Gasteiger charge is 2.07. The van der Waals surface area contributed by atoms with Gasteiger partial charge in [-0.05, 0) is 17.7 Å². The summed E-state index contributed by atoms with van der Waals surface area (Å²) in [5, 5.41) is 0. The molecule has 0 amide bonds. The zero-order valence-electron chi connectivity index (χ0n) is 9.61. The van der Waals surface area contributed by atoms with Crippen LogP contribution in [0.2, 0.25) is 0 Å². The molecule has 0 bridgehead atoms. The average Bonchev–Trinajstić information content (AvgIpc) is 2.77. The Morgan fingerprint density at radius 1 is 1.00 bits per heavy atom. The van der Waals surface area contributed by atoms with Gasteiger partial charge in [0.25, 0.3) is 0 Å². The van der Waals surface area contributed by atoms with Crippen molar-refractivity contribution in [2.45, 2.75) is 6.54 Å². The summed E-state index contributed by atoms with van der Waals surface area (Å²) < 4.78 is 1.93. The minimum atomic E-state index is 0.399. The highest BCUT2D eigenvalue weighted by Crippen LogP contribution is 2.16. The molecule has 0 spiro atoms. The number of imidazole rings is 1. The monoisotopic (exact) mass is 240 g/mol. The molecule has 2 aromatic heterocycles. The fourth-order valence-electron chi connectivity index (χ4n) is 1.83. The molecule has 0 saturated carbocycles. The van der Waals surface area contributed by atoms with Crippen molar-refractivity contribution < 1.29 is 0 Å². The van der Waals surface area contributed by atoms with Gasteiger partial charge < -0.3 is 16.0 Å². The predicted octanol–water partition coefficient (Wildman–Crippen LogP) is 1.04. The molecule has 18 heavy (non-hydrogen) atoms. The molecule has 0 aliphatic heterocycles. The Kier molecular flexibility index (Phi) is 2.33. The van der Waals surface area contributed by atoms with Crippen molar-refractivity contribution >= 4 is 22.7 Å². The van der Waals surface area contributed by atoms with E-state index in [1.165, 1.54) is 6.33 Å². The number of nitrogens with two attached hydrogens (primary N) is 2. The molecular weight excluding hydrogens is 228 g/mol. The smallest absolute Gasteiger partial charge is 0.165 e. The number of benzene rings is 1. The lowest BCUT2D eigenvalue weighted by Crippen LogP contribution is -2.00. The van der Waals surface area contributed by atoms with Crippen molar-refractivity contribution in [2.24, 2.45) is 0 Å². The first-order valence-corrected chi connectivity index (χ1v) is 5.50. The Bertz CT molecular complexity index is 685. The van der Waals surface area contributed by atoms with E-state index in [0.29, 0.717) is 17.9 Å². The number of aromatic nitrogens is 4. The van der Waals surface area contributed by atoms with Gasteiger partial charge in [-0.3, -0.25) is 0 Å². The van der Waals surface area contributed by atoms with Gasteiger partial charge in [-0.15, -0.1) is 0 Å². The largest absolute Gasteiger partial charge is 0.399 e. The number of hydrogen-bond acceptors (Lipinski definition) is 5. The van der Waals surface area contributed by atoms with E-state index in [1.54, 1.807) is 6.33 Å². The number of fused-ring (bicyclic) bond motifs is 1. The first kappa shape index (κ1) is 10.5. The van der Waals surface area contributed by atoms with Crippen molar-refractivity contribution in [3.63, 3.8) is 0 Å². The van der Waals surface area contributed by atoms with Crippen molar-refractivity contribution in [3.8, 4) is 0 Å². The summed E-state index contributed by atoms with van der Waals surface area (Å²) in [5.74, 6) is 0.399. The van der Waals surface area contributed by atoms with Gasteiger partial charge in [0, 0.05) is 5.69 Å². The van der Waals surface area contributed by atoms with Crippen LogP contribution >= 0.6 is 0 Å². The van der Waals surface area contributed by atoms with E-state index in [1.807, 2.05) is 28.8 Å². The topological polar surface area (TPSA) is 95.6 Å². The van der Waals surface area contributed by atoms with Crippen LogP contribution in [0.1, 0.15) is 5.56 Å². The summed E-state index contributed by atoms with van der Waals surface area (Å²) in [7, 11) is 0. The molecule has 0 fully saturated rings. The van der Waals surface area contributed by atoms with Gasteiger partial charge in [0.05, 0.1) is 12.9 Å². The quantitative estimate of drug-likeness (QED) is 0.652. The van der Waals surface area contributed by atoms with Crippen molar-refractivity contribution in [3.05, 3.63) is 42.5 Å². The second-order valence-electron chi connectivity index (χ2n) is 4.05. The Balaban J connectivity index is 2.00. The summed E-state index contributed by atoms with van der Waals surface area (Å²) in [6.07, 6.45) is 3.16. The van der Waals surface area contributed by atoms with Crippen LogP contribution in [0.4, 0.5) is 11.5 Å². The van der Waals surface area contributed by atoms with Gasteiger partial charge >= 0.3 is 0 Å². The molecule has 0 radical (unpaired) electrons. The molecule has 0 aliphatic rings. The van der Waals surface area contributed by atoms with Crippen molar-refractivity contribution in [1.29, 1.82) is 0 Å². The fourth-order valence-corrected chi connectivity index (χ4v) is 1.83. The first-order chi connectivity index (χ1) is 8.74. The summed E-state index contributed by atoms with van der Waals surface area (Å²) in [5.41, 5.74) is 14.6. The highest BCUT2D eigenvalue weighted by molar-refractivity contribution is 5.81. The third-order valence-electron chi connectivity index (χ3n) is 2.76. The lowest BCUT2D eigenvalue weighted by molar-refractivity contribution is 0.813. The maximum atomic E-state index is 5.74. The van der Waals surface area contributed by atoms with E-state index in [2.05, 4.69) is 15.0 Å². The Labute approximate surface area is 103 Å². The summed E-state index contributed by atoms with van der Waals surface area (Å²) in [6, 6.07) is 7.70. The minimum absolute atomic E-state index is 0.399. The maximum Gasteiger partial charge on any atom is 0.165 e. The first-order valence-electron chi connectivity index (χ1n) is 5.50. The highest BCUT2D eigenvalue weighted by atomic mass is 15.1. The van der Waals surface area contributed by atoms with Crippen LogP contribution in [0.25, 0.3) is 11.2 Å². The molecule has 6 nitrogen and oxygen atoms in total. The van der Waals surface area contributed by atoms with E-state index in [0.717, 1.165) is 16.9 Å². The molecule has 4 N–H and O–H groups in total. The molecule has 0 unspecified atom stereocenters. The average molecular weight is 240 g/mol. The lowest BCUT2D eigenvalue weighted by atomic mass is 10.2. The van der Waals surface area contributed by atoms with E-state index in [9.17, 15) is 0 Å². The molecular formula is C12H12N6. The Morgan fingerprint density at radius 3 is 2.56 bits per heavy atom. The molecule has 0 saturated heterocycles. The van der Waals surface area contributed by atoms with E-state index >= 15 is 0 Å². The Morgan fingerprint density at radius 2 is 1.78 bits per heavy atom. The lowest BCUT2D eigenvalue weighted by Gasteiger charge is -2.04. The number of hydrogen-bond donors (Lipinski definition) is 2. The van der Waals surface area contributed by atoms with E-state index < -0.39 is 0 Å². The normalized spacial score (nSPS) is 10.9. The maximum absolute atomic E-state index is 5.74. The standard InChI is InChI=1S/C12H12N6/c13-9-3-1-8(2-4-9)5-18-7-17-10-11(14)15-6-16-12(10)18/h1-4,6-7H,5,13H2,(H2,14,15,16). The molecule has 0 atom stereocenters. The zero-order chi connectivity index (χ0) is 12.5. The zero-order valence-corrected chi connectivity index (χ0v) is 9.61. The summed E-state index contributed by atoms with van der Waals surface area (Å²) in [6.45, 7) is 0.674. The number of rotatable bonds is 2. The van der Waals surface area contributed by atoms with Crippen LogP contribution in [0.5, 0.6) is 0 Å². The molecule has 2 heterocycles. The predicted molar refractivity (Wildman–Crippen MR) is 69.7 cm³/mol. The van der Waals surface area contributed by atoms with Crippen LogP contribution in [-0.2, 0) is 6.54 Å². The molecule has 90 valence electrons. The van der Waals surface area contributed by atoms with Gasteiger partial charge in [-0.2, -0.15) is 0 Å². The molecule has 3 rings (SSSR count). The fraction of sp³-hybridized carbons (Fsp3) is 0.0833. The molecule has 0 aliphatic carbocycles.